The van der Waals surface area contributed by atoms with Gasteiger partial charge in [-0.1, -0.05) is 17.7 Å². The van der Waals surface area contributed by atoms with Gasteiger partial charge >= 0.3 is 6.61 Å². The second-order valence-electron chi connectivity index (χ2n) is 5.65. The molecule has 0 aliphatic heterocycles. The molecule has 2 aromatic carbocycles. The summed E-state index contributed by atoms with van der Waals surface area (Å²) in [6.45, 7) is -2.82. The monoisotopic (exact) mass is 412 g/mol. The molecule has 0 fully saturated rings. The van der Waals surface area contributed by atoms with E-state index in [1.54, 1.807) is 36.4 Å². The van der Waals surface area contributed by atoms with Crippen LogP contribution in [0.3, 0.4) is 0 Å². The van der Waals surface area contributed by atoms with Crippen molar-refractivity contribution in [3.63, 3.8) is 0 Å². The predicted molar refractivity (Wildman–Crippen MR) is 100 cm³/mol. The lowest BCUT2D eigenvalue weighted by molar-refractivity contribution is -0.120. The molecule has 0 aliphatic rings. The summed E-state index contributed by atoms with van der Waals surface area (Å²) in [6, 6.07) is 10.8. The van der Waals surface area contributed by atoms with Gasteiger partial charge in [-0.25, -0.2) is 0 Å². The molecule has 6 nitrogen and oxygen atoms in total. The van der Waals surface area contributed by atoms with E-state index in [2.05, 4.69) is 15.4 Å². The Balaban J connectivity index is 1.77. The van der Waals surface area contributed by atoms with E-state index in [9.17, 15) is 18.4 Å². The van der Waals surface area contributed by atoms with Crippen LogP contribution in [-0.2, 0) is 11.2 Å². The van der Waals surface area contributed by atoms with Crippen molar-refractivity contribution >= 4 is 23.4 Å². The van der Waals surface area contributed by atoms with E-state index in [1.165, 1.54) is 13.2 Å². The van der Waals surface area contributed by atoms with Gasteiger partial charge in [0.15, 0.2) is 11.5 Å². The fourth-order valence-electron chi connectivity index (χ4n) is 2.33. The molecular weight excluding hydrogens is 394 g/mol. The number of hydrogen-bond acceptors (Lipinski definition) is 4. The van der Waals surface area contributed by atoms with Crippen molar-refractivity contribution in [2.75, 3.05) is 20.2 Å². The van der Waals surface area contributed by atoms with Crippen LogP contribution in [0, 0.1) is 0 Å². The molecule has 0 atom stereocenters. The molecule has 28 heavy (non-hydrogen) atoms. The van der Waals surface area contributed by atoms with Gasteiger partial charge in [0.05, 0.1) is 13.7 Å². The van der Waals surface area contributed by atoms with Crippen molar-refractivity contribution in [3.8, 4) is 11.5 Å². The van der Waals surface area contributed by atoms with Crippen LogP contribution in [-0.4, -0.2) is 38.6 Å². The van der Waals surface area contributed by atoms with Crippen LogP contribution in [0.25, 0.3) is 0 Å². The average molecular weight is 413 g/mol. The minimum absolute atomic E-state index is 0.0600. The zero-order chi connectivity index (χ0) is 20.5. The van der Waals surface area contributed by atoms with Crippen LogP contribution in [0.2, 0.25) is 5.02 Å². The summed E-state index contributed by atoms with van der Waals surface area (Å²) in [5.74, 6) is -0.618. The number of alkyl halides is 2. The first kappa shape index (κ1) is 21.4. The van der Waals surface area contributed by atoms with Crippen molar-refractivity contribution in [1.82, 2.24) is 10.6 Å². The summed E-state index contributed by atoms with van der Waals surface area (Å²) < 4.78 is 34.0. The third kappa shape index (κ3) is 6.70. The number of rotatable bonds is 9. The van der Waals surface area contributed by atoms with Gasteiger partial charge in [0.1, 0.15) is 0 Å². The number of benzene rings is 2. The Labute approximate surface area is 165 Å². The number of hydrogen-bond donors (Lipinski definition) is 2. The molecule has 2 aromatic rings. The van der Waals surface area contributed by atoms with E-state index in [0.717, 1.165) is 5.56 Å². The van der Waals surface area contributed by atoms with Crippen molar-refractivity contribution in [1.29, 1.82) is 0 Å². The van der Waals surface area contributed by atoms with Crippen LogP contribution in [0.1, 0.15) is 15.9 Å². The zero-order valence-electron chi connectivity index (χ0n) is 15.0. The molecular formula is C19H19ClF2N2O4. The fourth-order valence-corrected chi connectivity index (χ4v) is 2.46. The van der Waals surface area contributed by atoms with Gasteiger partial charge in [-0.05, 0) is 48.4 Å². The van der Waals surface area contributed by atoms with Gasteiger partial charge in [0.25, 0.3) is 5.91 Å². The molecule has 0 unspecified atom stereocenters. The Morgan fingerprint density at radius 1 is 1.07 bits per heavy atom. The third-order valence-electron chi connectivity index (χ3n) is 3.70. The highest BCUT2D eigenvalue weighted by atomic mass is 35.5. The molecule has 2 rings (SSSR count). The maximum absolute atomic E-state index is 12.3. The highest BCUT2D eigenvalue weighted by molar-refractivity contribution is 6.30. The van der Waals surface area contributed by atoms with Gasteiger partial charge in [0, 0.05) is 17.1 Å². The van der Waals surface area contributed by atoms with Crippen molar-refractivity contribution in [2.45, 2.75) is 13.0 Å². The number of carbonyl (C=O) groups excluding carboxylic acids is 2. The van der Waals surface area contributed by atoms with Crippen molar-refractivity contribution < 1.29 is 27.8 Å². The van der Waals surface area contributed by atoms with Crippen molar-refractivity contribution in [2.24, 2.45) is 0 Å². The summed E-state index contributed by atoms with van der Waals surface area (Å²) in [4.78, 5) is 23.8. The molecule has 0 aliphatic carbocycles. The lowest BCUT2D eigenvalue weighted by Gasteiger charge is -2.12. The highest BCUT2D eigenvalue weighted by Gasteiger charge is 2.11. The number of ether oxygens (including phenoxy) is 2. The third-order valence-corrected chi connectivity index (χ3v) is 3.95. The lowest BCUT2D eigenvalue weighted by Crippen LogP contribution is -2.37. The van der Waals surface area contributed by atoms with E-state index in [-0.39, 0.29) is 29.9 Å². The van der Waals surface area contributed by atoms with Crippen LogP contribution < -0.4 is 20.1 Å². The zero-order valence-corrected chi connectivity index (χ0v) is 15.8. The molecule has 9 heteroatoms. The molecule has 0 aromatic heterocycles. The van der Waals surface area contributed by atoms with Gasteiger partial charge < -0.3 is 20.1 Å². The molecule has 2 N–H and O–H groups in total. The van der Waals surface area contributed by atoms with Gasteiger partial charge in [-0.2, -0.15) is 8.78 Å². The second-order valence-corrected chi connectivity index (χ2v) is 6.09. The standard InChI is InChI=1S/C19H19ClF2N2O4/c1-27-16-10-12(2-7-15(16)28-19(21)22)8-9-23-17(25)11-24-18(26)13-3-5-14(20)6-4-13/h2-7,10,19H,8-9,11H2,1H3,(H,23,25)(H,24,26). The Kier molecular flexibility index (Phi) is 8.01. The van der Waals surface area contributed by atoms with Crippen LogP contribution in [0.15, 0.2) is 42.5 Å². The summed E-state index contributed by atoms with van der Waals surface area (Å²) in [7, 11) is 1.35. The van der Waals surface area contributed by atoms with E-state index in [4.69, 9.17) is 16.3 Å². The topological polar surface area (TPSA) is 76.7 Å². The molecule has 0 radical (unpaired) electrons. The molecule has 0 saturated heterocycles. The predicted octanol–water partition coefficient (Wildman–Crippen LogP) is 3.04. The maximum atomic E-state index is 12.3. The van der Waals surface area contributed by atoms with E-state index in [0.29, 0.717) is 23.6 Å². The molecule has 0 spiro atoms. The highest BCUT2D eigenvalue weighted by Crippen LogP contribution is 2.29. The summed E-state index contributed by atoms with van der Waals surface area (Å²) in [5.41, 5.74) is 1.17. The van der Waals surface area contributed by atoms with E-state index in [1.807, 2.05) is 0 Å². The summed E-state index contributed by atoms with van der Waals surface area (Å²) in [5, 5.41) is 5.69. The number of amides is 2. The SMILES string of the molecule is COc1cc(CCNC(=O)CNC(=O)c2ccc(Cl)cc2)ccc1OC(F)F. The van der Waals surface area contributed by atoms with Gasteiger partial charge in [0.2, 0.25) is 5.91 Å². The number of nitrogens with one attached hydrogen (secondary N) is 2. The van der Waals surface area contributed by atoms with Crippen LogP contribution in [0.5, 0.6) is 11.5 Å². The number of halogens is 3. The largest absolute Gasteiger partial charge is 0.493 e. The average Bonchev–Trinajstić information content (AvgIpc) is 2.67. The van der Waals surface area contributed by atoms with Gasteiger partial charge in [-0.3, -0.25) is 9.59 Å². The number of carbonyl (C=O) groups is 2. The first-order chi connectivity index (χ1) is 13.4. The Morgan fingerprint density at radius 3 is 2.43 bits per heavy atom. The Bertz CT molecular complexity index is 816. The minimum atomic E-state index is -2.94. The molecule has 2 amide bonds. The minimum Gasteiger partial charge on any atom is -0.493 e. The van der Waals surface area contributed by atoms with Crippen LogP contribution in [0.4, 0.5) is 8.78 Å². The molecule has 150 valence electrons. The Hall–Kier alpha value is -2.87. The van der Waals surface area contributed by atoms with Crippen molar-refractivity contribution in [3.05, 3.63) is 58.6 Å². The summed E-state index contributed by atoms with van der Waals surface area (Å²) in [6.07, 6.45) is 0.447. The lowest BCUT2D eigenvalue weighted by atomic mass is 10.1. The quantitative estimate of drug-likeness (QED) is 0.663. The van der Waals surface area contributed by atoms with E-state index >= 15 is 0 Å². The Morgan fingerprint density at radius 2 is 1.79 bits per heavy atom. The molecule has 0 bridgehead atoms. The van der Waals surface area contributed by atoms with E-state index < -0.39 is 6.61 Å². The fraction of sp³-hybridized carbons (Fsp3) is 0.263. The number of methoxy groups -OCH3 is 1. The van der Waals surface area contributed by atoms with Crippen LogP contribution >= 0.6 is 11.6 Å². The smallest absolute Gasteiger partial charge is 0.387 e. The molecule has 0 heterocycles. The van der Waals surface area contributed by atoms with Gasteiger partial charge in [-0.15, -0.1) is 0 Å². The first-order valence-electron chi connectivity index (χ1n) is 8.31. The molecule has 0 saturated carbocycles. The second kappa shape index (κ2) is 10.5. The first-order valence-corrected chi connectivity index (χ1v) is 8.69. The summed E-state index contributed by atoms with van der Waals surface area (Å²) >= 11 is 5.76. The normalized spacial score (nSPS) is 10.5. The maximum Gasteiger partial charge on any atom is 0.387 e.